The first-order valence-corrected chi connectivity index (χ1v) is 22.9. The third kappa shape index (κ3) is 5.27. The Kier molecular flexibility index (Phi) is 7.93. The summed E-state index contributed by atoms with van der Waals surface area (Å²) in [7, 11) is 0. The fourth-order valence-corrected chi connectivity index (χ4v) is 11.5. The Balaban J connectivity index is 0.909. The molecule has 0 bridgehead atoms. The average molecular weight is 837 g/mol. The van der Waals surface area contributed by atoms with E-state index in [-0.39, 0.29) is 0 Å². The van der Waals surface area contributed by atoms with Crippen LogP contribution in [0.15, 0.2) is 243 Å². The smallest absolute Gasteiger partial charge is 0.0722 e. The summed E-state index contributed by atoms with van der Waals surface area (Å²) < 4.78 is 2.41. The fourth-order valence-electron chi connectivity index (χ4n) is 11.5. The lowest BCUT2D eigenvalue weighted by Crippen LogP contribution is -2.28. The zero-order valence-electron chi connectivity index (χ0n) is 36.0. The van der Waals surface area contributed by atoms with Crippen molar-refractivity contribution < 1.29 is 0 Å². The maximum atomic E-state index is 5.20. The Morgan fingerprint density at radius 1 is 0.318 bits per heavy atom. The zero-order chi connectivity index (χ0) is 43.3. The minimum absolute atomic E-state index is 0.460. The monoisotopic (exact) mass is 836 g/mol. The van der Waals surface area contributed by atoms with Gasteiger partial charge < -0.3 is 4.57 Å². The summed E-state index contributed by atoms with van der Waals surface area (Å²) in [5.74, 6) is 0. The van der Waals surface area contributed by atoms with Gasteiger partial charge in [0.2, 0.25) is 0 Å². The second kappa shape index (κ2) is 14.2. The molecule has 0 amide bonds. The van der Waals surface area contributed by atoms with E-state index >= 15 is 0 Å². The molecule has 0 spiro atoms. The van der Waals surface area contributed by atoms with Crippen molar-refractivity contribution >= 4 is 32.7 Å². The number of benzene rings is 10. The summed E-state index contributed by atoms with van der Waals surface area (Å²) in [6.45, 7) is 0. The lowest BCUT2D eigenvalue weighted by atomic mass is 9.67. The number of rotatable bonds is 6. The highest BCUT2D eigenvalue weighted by Gasteiger charge is 2.46. The molecule has 2 aliphatic carbocycles. The molecule has 14 rings (SSSR count). The topological polar surface area (TPSA) is 17.8 Å². The van der Waals surface area contributed by atoms with Gasteiger partial charge in [-0.3, -0.25) is 0 Å². The van der Waals surface area contributed by atoms with E-state index in [9.17, 15) is 0 Å². The molecule has 0 N–H and O–H groups in total. The Morgan fingerprint density at radius 3 is 1.50 bits per heavy atom. The van der Waals surface area contributed by atoms with Crippen LogP contribution in [-0.4, -0.2) is 9.55 Å². The van der Waals surface area contributed by atoms with Crippen molar-refractivity contribution in [3.8, 4) is 72.6 Å². The molecule has 0 saturated carbocycles. The fraction of sp³-hybridized carbons (Fsp3) is 0.0156. The molecule has 2 aromatic heterocycles. The van der Waals surface area contributed by atoms with Crippen molar-refractivity contribution in [1.82, 2.24) is 9.55 Å². The molecule has 2 aliphatic rings. The molecular formula is C64H40N2. The standard InChI is InChI=1S/C64H40N2/c1-4-15-46(16-5-1)64(47-17-6-2-7-18-47)57-25-13-12-23-51(57)52-34-31-45(39-58(52)64)44-33-36-62-55(38-44)54-37-43(32-35-61(54)66(62)48-19-8-3-9-20-48)41-27-29-42(30-28-41)60-40-56-50-22-11-10-21-49(50)53-24-14-26-59(65-60)63(53)56/h1-40H. The number of para-hydroxylation sites is 1. The summed E-state index contributed by atoms with van der Waals surface area (Å²) in [6.07, 6.45) is 0. The van der Waals surface area contributed by atoms with Gasteiger partial charge >= 0.3 is 0 Å². The van der Waals surface area contributed by atoms with Gasteiger partial charge in [-0.15, -0.1) is 0 Å². The third-order valence-electron chi connectivity index (χ3n) is 14.4. The molecule has 0 atom stereocenters. The summed E-state index contributed by atoms with van der Waals surface area (Å²) in [5.41, 5.74) is 23.8. The van der Waals surface area contributed by atoms with Gasteiger partial charge in [-0.05, 0) is 132 Å². The summed E-state index contributed by atoms with van der Waals surface area (Å²) in [5, 5.41) is 3.70. The van der Waals surface area contributed by atoms with Crippen LogP contribution in [0.2, 0.25) is 0 Å². The first kappa shape index (κ1) is 36.8. The Labute approximate surface area is 383 Å². The molecule has 12 aromatic rings. The number of nitrogens with zero attached hydrogens (tertiary/aromatic N) is 2. The molecular weight excluding hydrogens is 797 g/mol. The van der Waals surface area contributed by atoms with E-state index in [1.807, 2.05) is 0 Å². The Bertz CT molecular complexity index is 3860. The predicted molar refractivity (Wildman–Crippen MR) is 274 cm³/mol. The van der Waals surface area contributed by atoms with Gasteiger partial charge in [0.1, 0.15) is 0 Å². The second-order valence-corrected chi connectivity index (χ2v) is 17.8. The molecule has 0 saturated heterocycles. The van der Waals surface area contributed by atoms with Gasteiger partial charge in [0.15, 0.2) is 0 Å². The van der Waals surface area contributed by atoms with Crippen LogP contribution in [0.25, 0.3) is 105 Å². The van der Waals surface area contributed by atoms with Gasteiger partial charge in [0, 0.05) is 27.4 Å². The summed E-state index contributed by atoms with van der Waals surface area (Å²) >= 11 is 0. The van der Waals surface area contributed by atoms with Crippen molar-refractivity contribution in [3.63, 3.8) is 0 Å². The van der Waals surface area contributed by atoms with Crippen LogP contribution in [0.3, 0.4) is 0 Å². The van der Waals surface area contributed by atoms with Crippen molar-refractivity contribution in [2.24, 2.45) is 0 Å². The number of fused-ring (bicyclic) bond motifs is 9. The highest BCUT2D eigenvalue weighted by molar-refractivity contribution is 6.15. The van der Waals surface area contributed by atoms with Gasteiger partial charge in [0.05, 0.1) is 27.7 Å². The highest BCUT2D eigenvalue weighted by atomic mass is 15.0. The molecule has 2 nitrogen and oxygen atoms in total. The third-order valence-corrected chi connectivity index (χ3v) is 14.4. The van der Waals surface area contributed by atoms with E-state index in [1.54, 1.807) is 0 Å². The van der Waals surface area contributed by atoms with Gasteiger partial charge in [-0.25, -0.2) is 4.98 Å². The highest BCUT2D eigenvalue weighted by Crippen LogP contribution is 2.57. The van der Waals surface area contributed by atoms with E-state index in [1.165, 1.54) is 105 Å². The normalized spacial score (nSPS) is 13.0. The molecule has 2 heterocycles. The van der Waals surface area contributed by atoms with Crippen LogP contribution < -0.4 is 0 Å². The molecule has 2 heteroatoms. The molecule has 0 radical (unpaired) electrons. The van der Waals surface area contributed by atoms with Crippen LogP contribution in [0.4, 0.5) is 0 Å². The van der Waals surface area contributed by atoms with E-state index < -0.39 is 5.41 Å². The van der Waals surface area contributed by atoms with Gasteiger partial charge in [0.25, 0.3) is 0 Å². The maximum absolute atomic E-state index is 5.20. The molecule has 0 aliphatic heterocycles. The molecule has 306 valence electrons. The van der Waals surface area contributed by atoms with Crippen molar-refractivity contribution in [2.45, 2.75) is 5.41 Å². The Hall–Kier alpha value is -8.59. The van der Waals surface area contributed by atoms with Crippen LogP contribution in [0.1, 0.15) is 22.3 Å². The van der Waals surface area contributed by atoms with Crippen LogP contribution >= 0.6 is 0 Å². The maximum Gasteiger partial charge on any atom is 0.0722 e. The van der Waals surface area contributed by atoms with E-state index in [4.69, 9.17) is 4.98 Å². The first-order chi connectivity index (χ1) is 32.7. The second-order valence-electron chi connectivity index (χ2n) is 17.8. The largest absolute Gasteiger partial charge is 0.309 e. The predicted octanol–water partition coefficient (Wildman–Crippen LogP) is 16.3. The van der Waals surface area contributed by atoms with E-state index in [2.05, 4.69) is 247 Å². The number of aromatic nitrogens is 2. The summed E-state index contributed by atoms with van der Waals surface area (Å²) in [6, 6.07) is 89.5. The van der Waals surface area contributed by atoms with E-state index in [0.29, 0.717) is 0 Å². The average Bonchev–Trinajstić information content (AvgIpc) is 4.01. The first-order valence-electron chi connectivity index (χ1n) is 22.9. The molecule has 0 unspecified atom stereocenters. The minimum atomic E-state index is -0.460. The summed E-state index contributed by atoms with van der Waals surface area (Å²) in [4.78, 5) is 5.20. The van der Waals surface area contributed by atoms with E-state index in [0.717, 1.165) is 22.5 Å². The van der Waals surface area contributed by atoms with Gasteiger partial charge in [-0.1, -0.05) is 188 Å². The van der Waals surface area contributed by atoms with Crippen LogP contribution in [-0.2, 0) is 5.41 Å². The van der Waals surface area contributed by atoms with Crippen molar-refractivity contribution in [3.05, 3.63) is 265 Å². The number of pyridine rings is 1. The Morgan fingerprint density at radius 2 is 0.818 bits per heavy atom. The van der Waals surface area contributed by atoms with Crippen molar-refractivity contribution in [2.75, 3.05) is 0 Å². The lowest BCUT2D eigenvalue weighted by molar-refractivity contribution is 0.769. The quantitative estimate of drug-likeness (QED) is 0.163. The SMILES string of the molecule is c1ccc(-n2c3ccc(-c4ccc(-c5cc6c7c(cccc7n5)-c5ccccc5-6)cc4)cc3c3cc(-c4ccc5c(c4)C(c4ccccc4)(c4ccccc4)c4ccccc4-5)ccc32)cc1. The van der Waals surface area contributed by atoms with Gasteiger partial charge in [-0.2, -0.15) is 0 Å². The number of hydrogen-bond donors (Lipinski definition) is 0. The molecule has 66 heavy (non-hydrogen) atoms. The number of hydrogen-bond acceptors (Lipinski definition) is 1. The zero-order valence-corrected chi connectivity index (χ0v) is 36.0. The molecule has 10 aromatic carbocycles. The minimum Gasteiger partial charge on any atom is -0.309 e. The lowest BCUT2D eigenvalue weighted by Gasteiger charge is -2.34. The molecule has 0 fully saturated rings. The van der Waals surface area contributed by atoms with Crippen LogP contribution in [0.5, 0.6) is 0 Å². The van der Waals surface area contributed by atoms with Crippen LogP contribution in [0, 0.1) is 0 Å². The van der Waals surface area contributed by atoms with Crippen molar-refractivity contribution in [1.29, 1.82) is 0 Å².